The van der Waals surface area contributed by atoms with Gasteiger partial charge in [0.05, 0.1) is 6.04 Å². The molecule has 0 spiro atoms. The van der Waals surface area contributed by atoms with Crippen molar-refractivity contribution in [3.8, 4) is 5.75 Å². The number of carbonyl (C=O) groups excluding carboxylic acids is 1. The molecule has 162 valence electrons. The molecule has 1 aliphatic heterocycles. The van der Waals surface area contributed by atoms with Gasteiger partial charge in [0.1, 0.15) is 23.6 Å². The lowest BCUT2D eigenvalue weighted by Crippen LogP contribution is -2.42. The van der Waals surface area contributed by atoms with Crippen molar-refractivity contribution in [2.45, 2.75) is 58.8 Å². The molecule has 2 aromatic carbocycles. The lowest BCUT2D eigenvalue weighted by molar-refractivity contribution is 0.0136. The summed E-state index contributed by atoms with van der Waals surface area (Å²) in [4.78, 5) is 14.4. The Morgan fingerprint density at radius 3 is 2.60 bits per heavy atom. The van der Waals surface area contributed by atoms with Crippen LogP contribution < -0.4 is 9.96 Å². The minimum atomic E-state index is -0.525. The zero-order valence-electron chi connectivity index (χ0n) is 18.0. The first-order valence-electron chi connectivity index (χ1n) is 10.2. The van der Waals surface area contributed by atoms with Gasteiger partial charge < -0.3 is 14.4 Å². The molecule has 7 heteroatoms. The Balaban J connectivity index is 1.75. The van der Waals surface area contributed by atoms with Crippen molar-refractivity contribution >= 4 is 11.8 Å². The molecule has 0 bridgehead atoms. The number of ether oxygens (including phenoxy) is 2. The molecule has 7 nitrogen and oxygen atoms in total. The maximum atomic E-state index is 12.6. The van der Waals surface area contributed by atoms with Gasteiger partial charge in [-0.25, -0.2) is 4.79 Å². The highest BCUT2D eigenvalue weighted by molar-refractivity contribution is 5.69. The molecule has 1 amide bonds. The van der Waals surface area contributed by atoms with Gasteiger partial charge in [-0.15, -0.1) is 5.23 Å². The number of rotatable bonds is 5. The van der Waals surface area contributed by atoms with Crippen molar-refractivity contribution in [1.29, 1.82) is 0 Å². The number of nitrogens with zero attached hydrogens (tertiary/aromatic N) is 2. The Labute approximate surface area is 177 Å². The van der Waals surface area contributed by atoms with E-state index in [9.17, 15) is 15.2 Å². The van der Waals surface area contributed by atoms with Crippen LogP contribution in [0.2, 0.25) is 0 Å². The summed E-state index contributed by atoms with van der Waals surface area (Å²) in [5, 5.41) is 18.8. The van der Waals surface area contributed by atoms with E-state index in [4.69, 9.17) is 9.47 Å². The van der Waals surface area contributed by atoms with Gasteiger partial charge >= 0.3 is 6.09 Å². The number of carbonyl (C=O) groups is 1. The summed E-state index contributed by atoms with van der Waals surface area (Å²) in [6, 6.07) is 12.8. The normalized spacial score (nSPS) is 16.1. The number of anilines is 1. The zero-order chi connectivity index (χ0) is 21.9. The number of benzene rings is 2. The van der Waals surface area contributed by atoms with E-state index in [0.717, 1.165) is 24.0 Å². The highest BCUT2D eigenvalue weighted by atomic mass is 16.8. The van der Waals surface area contributed by atoms with E-state index in [0.29, 0.717) is 17.9 Å². The average molecular weight is 415 g/mol. The van der Waals surface area contributed by atoms with Crippen molar-refractivity contribution in [3.05, 3.63) is 59.2 Å². The highest BCUT2D eigenvalue weighted by Crippen LogP contribution is 2.35. The summed E-state index contributed by atoms with van der Waals surface area (Å²) in [5.41, 5.74) is 2.66. The van der Waals surface area contributed by atoms with Gasteiger partial charge in [0.25, 0.3) is 0 Å². The summed E-state index contributed by atoms with van der Waals surface area (Å²) >= 11 is 0. The van der Waals surface area contributed by atoms with Crippen molar-refractivity contribution in [3.63, 3.8) is 0 Å². The van der Waals surface area contributed by atoms with E-state index < -0.39 is 5.60 Å². The van der Waals surface area contributed by atoms with Crippen LogP contribution in [0.15, 0.2) is 42.5 Å². The molecule has 0 saturated carbocycles. The lowest BCUT2D eigenvalue weighted by atomic mass is 9.91. The van der Waals surface area contributed by atoms with E-state index >= 15 is 0 Å². The summed E-state index contributed by atoms with van der Waals surface area (Å²) in [6.07, 6.45) is 1.23. The van der Waals surface area contributed by atoms with Crippen molar-refractivity contribution in [1.82, 2.24) is 4.90 Å². The standard InChI is InChI=1S/C23H30N2O5/c1-5-20-19-11-10-18(29-15-17-8-6-7-9-21(17)25(27)28)14-16(19)12-13-24(20)22(26)30-23(2,3)4/h6-11,14,20,27-28H,5,12-13,15H2,1-4H3/t20-/m0/s1. The SMILES string of the molecule is CC[C@H]1c2ccc(OCc3ccccc3N(O)O)cc2CCN1C(=O)OC(C)(C)C. The Morgan fingerprint density at radius 1 is 1.20 bits per heavy atom. The molecule has 2 aromatic rings. The third kappa shape index (κ3) is 5.04. The van der Waals surface area contributed by atoms with E-state index in [1.165, 1.54) is 0 Å². The van der Waals surface area contributed by atoms with Gasteiger partial charge in [-0.1, -0.05) is 31.2 Å². The molecule has 0 radical (unpaired) electrons. The first-order chi connectivity index (χ1) is 14.2. The third-order valence-electron chi connectivity index (χ3n) is 5.09. The number of para-hydroxylation sites is 1. The molecular formula is C23H30N2O5. The second kappa shape index (κ2) is 8.93. The largest absolute Gasteiger partial charge is 0.489 e. The molecule has 2 N–H and O–H groups in total. The monoisotopic (exact) mass is 414 g/mol. The molecule has 0 saturated heterocycles. The molecule has 0 unspecified atom stereocenters. The predicted molar refractivity (Wildman–Crippen MR) is 113 cm³/mol. The van der Waals surface area contributed by atoms with Gasteiger partial charge in [0.15, 0.2) is 0 Å². The van der Waals surface area contributed by atoms with Crippen LogP contribution in [0.4, 0.5) is 10.5 Å². The van der Waals surface area contributed by atoms with Crippen LogP contribution in [0.3, 0.4) is 0 Å². The van der Waals surface area contributed by atoms with Gasteiger partial charge in [-0.2, -0.15) is 0 Å². The first-order valence-corrected chi connectivity index (χ1v) is 10.2. The molecule has 30 heavy (non-hydrogen) atoms. The van der Waals surface area contributed by atoms with Crippen LogP contribution >= 0.6 is 0 Å². The maximum absolute atomic E-state index is 12.6. The Morgan fingerprint density at radius 2 is 1.93 bits per heavy atom. The quantitative estimate of drug-likeness (QED) is 0.663. The van der Waals surface area contributed by atoms with E-state index in [2.05, 4.69) is 6.92 Å². The smallest absolute Gasteiger partial charge is 0.410 e. The molecule has 0 aliphatic carbocycles. The van der Waals surface area contributed by atoms with Crippen LogP contribution in [-0.4, -0.2) is 33.6 Å². The lowest BCUT2D eigenvalue weighted by Gasteiger charge is -2.37. The Kier molecular flexibility index (Phi) is 6.53. The van der Waals surface area contributed by atoms with Gasteiger partial charge in [0, 0.05) is 12.1 Å². The third-order valence-corrected chi connectivity index (χ3v) is 5.09. The molecule has 1 aliphatic rings. The fourth-order valence-corrected chi connectivity index (χ4v) is 3.75. The number of amides is 1. The van der Waals surface area contributed by atoms with Gasteiger partial charge in [0.2, 0.25) is 0 Å². The number of fused-ring (bicyclic) bond motifs is 1. The summed E-state index contributed by atoms with van der Waals surface area (Å²) in [7, 11) is 0. The summed E-state index contributed by atoms with van der Waals surface area (Å²) in [5.74, 6) is 0.701. The Bertz CT molecular complexity index is 891. The van der Waals surface area contributed by atoms with Crippen LogP contribution in [0.5, 0.6) is 5.75 Å². The second-order valence-corrected chi connectivity index (χ2v) is 8.42. The minimum Gasteiger partial charge on any atom is -0.489 e. The predicted octanol–water partition coefficient (Wildman–Crippen LogP) is 5.09. The fourth-order valence-electron chi connectivity index (χ4n) is 3.75. The molecule has 0 aromatic heterocycles. The fraction of sp³-hybridized carbons (Fsp3) is 0.435. The minimum absolute atomic E-state index is 0.0317. The summed E-state index contributed by atoms with van der Waals surface area (Å²) < 4.78 is 11.5. The van der Waals surface area contributed by atoms with Crippen LogP contribution in [0, 0.1) is 0 Å². The maximum Gasteiger partial charge on any atom is 0.410 e. The molecule has 1 heterocycles. The number of hydrogen-bond donors (Lipinski definition) is 2. The topological polar surface area (TPSA) is 82.5 Å². The van der Waals surface area contributed by atoms with Gasteiger partial charge in [-0.05, 0) is 62.9 Å². The van der Waals surface area contributed by atoms with Crippen molar-refractivity contribution in [2.75, 3.05) is 11.8 Å². The van der Waals surface area contributed by atoms with Crippen molar-refractivity contribution < 1.29 is 24.7 Å². The first kappa shape index (κ1) is 21.9. The molecule has 3 rings (SSSR count). The molecular weight excluding hydrogens is 384 g/mol. The Hall–Kier alpha value is -2.77. The van der Waals surface area contributed by atoms with Crippen LogP contribution in [-0.2, 0) is 17.8 Å². The second-order valence-electron chi connectivity index (χ2n) is 8.42. The molecule has 1 atom stereocenters. The highest BCUT2D eigenvalue weighted by Gasteiger charge is 2.32. The zero-order valence-corrected chi connectivity index (χ0v) is 18.0. The van der Waals surface area contributed by atoms with E-state index in [1.807, 2.05) is 45.0 Å². The summed E-state index contributed by atoms with van der Waals surface area (Å²) in [6.45, 7) is 8.48. The average Bonchev–Trinajstić information content (AvgIpc) is 2.69. The van der Waals surface area contributed by atoms with E-state index in [1.54, 1.807) is 23.1 Å². The van der Waals surface area contributed by atoms with Gasteiger partial charge in [-0.3, -0.25) is 10.4 Å². The number of hydrogen-bond acceptors (Lipinski definition) is 6. The van der Waals surface area contributed by atoms with E-state index in [-0.39, 0.29) is 29.7 Å². The van der Waals surface area contributed by atoms with Crippen LogP contribution in [0.1, 0.15) is 56.8 Å². The van der Waals surface area contributed by atoms with Crippen LogP contribution in [0.25, 0.3) is 0 Å². The molecule has 0 fully saturated rings. The van der Waals surface area contributed by atoms with Crippen molar-refractivity contribution in [2.24, 2.45) is 0 Å².